The number of hydrogen-bond acceptors (Lipinski definition) is 3. The average Bonchev–Trinajstić information content (AvgIpc) is 2.28. The van der Waals surface area contributed by atoms with Crippen LogP contribution in [0.2, 0.25) is 0 Å². The second kappa shape index (κ2) is 4.21. The summed E-state index contributed by atoms with van der Waals surface area (Å²) in [5, 5.41) is 20.9. The van der Waals surface area contributed by atoms with Crippen molar-refractivity contribution in [1.29, 1.82) is 0 Å². The van der Waals surface area contributed by atoms with E-state index in [9.17, 15) is 14.9 Å². The van der Waals surface area contributed by atoms with Crippen LogP contribution in [0.25, 0.3) is 10.8 Å². The SMILES string of the molecule is O=C(O)Cc1cccc2ccc([N+](=O)[O-])cc12. The van der Waals surface area contributed by atoms with Gasteiger partial charge in [-0.2, -0.15) is 0 Å². The van der Waals surface area contributed by atoms with Gasteiger partial charge in [0.1, 0.15) is 0 Å². The fraction of sp³-hybridized carbons (Fsp3) is 0.0833. The number of nitro groups is 1. The number of fused-ring (bicyclic) bond motifs is 1. The van der Waals surface area contributed by atoms with Gasteiger partial charge in [-0.1, -0.05) is 18.2 Å². The third-order valence-electron chi connectivity index (χ3n) is 2.51. The Balaban J connectivity index is 2.63. The Kier molecular flexibility index (Phi) is 2.74. The minimum absolute atomic E-state index is 0.0321. The molecule has 0 amide bonds. The highest BCUT2D eigenvalue weighted by Gasteiger charge is 2.10. The summed E-state index contributed by atoms with van der Waals surface area (Å²) in [7, 11) is 0. The van der Waals surface area contributed by atoms with Crippen molar-refractivity contribution in [2.45, 2.75) is 6.42 Å². The number of carbonyl (C=O) groups is 1. The van der Waals surface area contributed by atoms with E-state index in [1.54, 1.807) is 24.3 Å². The molecule has 0 saturated carbocycles. The van der Waals surface area contributed by atoms with E-state index in [-0.39, 0.29) is 12.1 Å². The van der Waals surface area contributed by atoms with E-state index in [1.165, 1.54) is 12.1 Å². The first-order valence-electron chi connectivity index (χ1n) is 4.96. The fourth-order valence-corrected chi connectivity index (χ4v) is 1.76. The van der Waals surface area contributed by atoms with Gasteiger partial charge in [0.25, 0.3) is 5.69 Å². The van der Waals surface area contributed by atoms with Gasteiger partial charge in [-0.25, -0.2) is 0 Å². The van der Waals surface area contributed by atoms with Gasteiger partial charge < -0.3 is 5.11 Å². The zero-order valence-corrected chi connectivity index (χ0v) is 8.79. The van der Waals surface area contributed by atoms with Crippen LogP contribution in [0.1, 0.15) is 5.56 Å². The van der Waals surface area contributed by atoms with E-state index in [1.807, 2.05) is 0 Å². The molecule has 5 heteroatoms. The summed E-state index contributed by atoms with van der Waals surface area (Å²) >= 11 is 0. The summed E-state index contributed by atoms with van der Waals surface area (Å²) < 4.78 is 0. The largest absolute Gasteiger partial charge is 0.481 e. The Morgan fingerprint density at radius 3 is 2.71 bits per heavy atom. The zero-order valence-electron chi connectivity index (χ0n) is 8.79. The van der Waals surface area contributed by atoms with Gasteiger partial charge in [0.05, 0.1) is 11.3 Å². The van der Waals surface area contributed by atoms with Crippen LogP contribution >= 0.6 is 0 Å². The Morgan fingerprint density at radius 1 is 1.29 bits per heavy atom. The quantitative estimate of drug-likeness (QED) is 0.649. The molecule has 0 aliphatic carbocycles. The van der Waals surface area contributed by atoms with Crippen molar-refractivity contribution in [3.8, 4) is 0 Å². The number of carboxylic acid groups (broad SMARTS) is 1. The molecule has 0 unspecified atom stereocenters. The van der Waals surface area contributed by atoms with Crippen LogP contribution in [0, 0.1) is 10.1 Å². The molecule has 2 aromatic rings. The van der Waals surface area contributed by atoms with Gasteiger partial charge in [0.2, 0.25) is 0 Å². The van der Waals surface area contributed by atoms with Crippen LogP contribution in [-0.2, 0) is 11.2 Å². The van der Waals surface area contributed by atoms with Gasteiger partial charge in [0, 0.05) is 12.1 Å². The predicted molar refractivity (Wildman–Crippen MR) is 61.9 cm³/mol. The third-order valence-corrected chi connectivity index (χ3v) is 2.51. The summed E-state index contributed by atoms with van der Waals surface area (Å²) in [6.07, 6.45) is -0.140. The highest BCUT2D eigenvalue weighted by atomic mass is 16.6. The summed E-state index contributed by atoms with van der Waals surface area (Å²) in [5.74, 6) is -0.955. The average molecular weight is 231 g/mol. The first-order valence-corrected chi connectivity index (χ1v) is 4.96. The predicted octanol–water partition coefficient (Wildman–Crippen LogP) is 2.38. The van der Waals surface area contributed by atoms with Crippen LogP contribution in [-0.4, -0.2) is 16.0 Å². The maximum Gasteiger partial charge on any atom is 0.307 e. The van der Waals surface area contributed by atoms with Gasteiger partial charge in [-0.15, -0.1) is 0 Å². The van der Waals surface area contributed by atoms with Gasteiger partial charge in [-0.3, -0.25) is 14.9 Å². The van der Waals surface area contributed by atoms with Gasteiger partial charge in [0.15, 0.2) is 0 Å². The highest BCUT2D eigenvalue weighted by molar-refractivity contribution is 5.90. The Bertz CT molecular complexity index is 606. The summed E-state index contributed by atoms with van der Waals surface area (Å²) in [6, 6.07) is 9.65. The van der Waals surface area contributed by atoms with E-state index in [0.717, 1.165) is 5.39 Å². The van der Waals surface area contributed by atoms with Gasteiger partial charge in [-0.05, 0) is 22.4 Å². The lowest BCUT2D eigenvalue weighted by atomic mass is 10.0. The van der Waals surface area contributed by atoms with E-state index in [0.29, 0.717) is 10.9 Å². The minimum atomic E-state index is -0.955. The lowest BCUT2D eigenvalue weighted by Gasteiger charge is -2.03. The maximum atomic E-state index is 10.7. The number of benzene rings is 2. The molecule has 0 spiro atoms. The molecule has 0 aromatic heterocycles. The lowest BCUT2D eigenvalue weighted by molar-refractivity contribution is -0.384. The van der Waals surface area contributed by atoms with Crippen LogP contribution in [0.15, 0.2) is 36.4 Å². The second-order valence-electron chi connectivity index (χ2n) is 3.65. The normalized spacial score (nSPS) is 10.4. The second-order valence-corrected chi connectivity index (χ2v) is 3.65. The van der Waals surface area contributed by atoms with E-state index in [2.05, 4.69) is 0 Å². The first kappa shape index (κ1) is 11.1. The van der Waals surface area contributed by atoms with Crippen LogP contribution in [0.3, 0.4) is 0 Å². The molecule has 2 rings (SSSR count). The number of nitro benzene ring substituents is 1. The summed E-state index contributed by atoms with van der Waals surface area (Å²) in [6.45, 7) is 0. The molecule has 0 aliphatic heterocycles. The van der Waals surface area contributed by atoms with Crippen LogP contribution < -0.4 is 0 Å². The van der Waals surface area contributed by atoms with Crippen molar-refractivity contribution in [1.82, 2.24) is 0 Å². The molecule has 0 heterocycles. The Hall–Kier alpha value is -2.43. The topological polar surface area (TPSA) is 80.4 Å². The Labute approximate surface area is 96.5 Å². The van der Waals surface area contributed by atoms with E-state index in [4.69, 9.17) is 5.11 Å². The highest BCUT2D eigenvalue weighted by Crippen LogP contribution is 2.24. The summed E-state index contributed by atoms with van der Waals surface area (Å²) in [5.41, 5.74) is 0.550. The smallest absolute Gasteiger partial charge is 0.307 e. The zero-order chi connectivity index (χ0) is 12.4. The Morgan fingerprint density at radius 2 is 2.06 bits per heavy atom. The molecular weight excluding hydrogens is 222 g/mol. The molecule has 1 N–H and O–H groups in total. The number of hydrogen-bond donors (Lipinski definition) is 1. The minimum Gasteiger partial charge on any atom is -0.481 e. The van der Waals surface area contributed by atoms with Crippen molar-refractivity contribution in [2.24, 2.45) is 0 Å². The molecule has 86 valence electrons. The van der Waals surface area contributed by atoms with E-state index < -0.39 is 10.9 Å². The first-order chi connectivity index (χ1) is 8.08. The number of rotatable bonds is 3. The molecule has 5 nitrogen and oxygen atoms in total. The molecule has 0 atom stereocenters. The molecule has 0 saturated heterocycles. The molecule has 0 aliphatic rings. The standard InChI is InChI=1S/C12H9NO4/c14-12(15)6-9-3-1-2-8-4-5-10(13(16)17)7-11(8)9/h1-5,7H,6H2,(H,14,15). The molecule has 2 aromatic carbocycles. The monoisotopic (exact) mass is 231 g/mol. The number of nitrogens with zero attached hydrogens (tertiary/aromatic N) is 1. The van der Waals surface area contributed by atoms with Crippen molar-refractivity contribution >= 4 is 22.4 Å². The number of aliphatic carboxylic acids is 1. The molecular formula is C12H9NO4. The molecule has 0 fully saturated rings. The van der Waals surface area contributed by atoms with Crippen molar-refractivity contribution in [3.63, 3.8) is 0 Å². The van der Waals surface area contributed by atoms with E-state index >= 15 is 0 Å². The maximum absolute atomic E-state index is 10.7. The van der Waals surface area contributed by atoms with Crippen molar-refractivity contribution < 1.29 is 14.8 Å². The van der Waals surface area contributed by atoms with Gasteiger partial charge >= 0.3 is 5.97 Å². The van der Waals surface area contributed by atoms with Crippen molar-refractivity contribution in [2.75, 3.05) is 0 Å². The van der Waals surface area contributed by atoms with Crippen molar-refractivity contribution in [3.05, 3.63) is 52.1 Å². The van der Waals surface area contributed by atoms with Crippen LogP contribution in [0.5, 0.6) is 0 Å². The molecule has 0 radical (unpaired) electrons. The number of carboxylic acids is 1. The number of non-ortho nitro benzene ring substituents is 1. The summed E-state index contributed by atoms with van der Waals surface area (Å²) in [4.78, 5) is 20.9. The fourth-order valence-electron chi connectivity index (χ4n) is 1.76. The third kappa shape index (κ3) is 2.23. The lowest BCUT2D eigenvalue weighted by Crippen LogP contribution is -2.00. The van der Waals surface area contributed by atoms with Crippen LogP contribution in [0.4, 0.5) is 5.69 Å². The molecule has 17 heavy (non-hydrogen) atoms. The molecule has 0 bridgehead atoms.